The van der Waals surface area contributed by atoms with Crippen molar-refractivity contribution in [2.24, 2.45) is 5.16 Å². The maximum Gasteiger partial charge on any atom is 0.344 e. The van der Waals surface area contributed by atoms with Crippen molar-refractivity contribution in [3.63, 3.8) is 0 Å². The monoisotopic (exact) mass is 586 g/mol. The van der Waals surface area contributed by atoms with Crippen molar-refractivity contribution in [3.05, 3.63) is 52.1 Å². The largest absolute Gasteiger partial charge is 0.489 e. The Balaban J connectivity index is 1.45. The van der Waals surface area contributed by atoms with E-state index in [1.54, 1.807) is 12.1 Å². The van der Waals surface area contributed by atoms with Gasteiger partial charge in [-0.25, -0.2) is 4.79 Å². The molecule has 2 atom stereocenters. The molecule has 2 aromatic carbocycles. The number of hydrogen-bond donors (Lipinski definition) is 2. The van der Waals surface area contributed by atoms with Gasteiger partial charge in [-0.2, -0.15) is 0 Å². The summed E-state index contributed by atoms with van der Waals surface area (Å²) in [6, 6.07) is 7.33. The van der Waals surface area contributed by atoms with Gasteiger partial charge in [-0.1, -0.05) is 29.1 Å². The van der Waals surface area contributed by atoms with Gasteiger partial charge in [0.05, 0.1) is 17.6 Å². The summed E-state index contributed by atoms with van der Waals surface area (Å²) >= 11 is 0.998. The van der Waals surface area contributed by atoms with Crippen molar-refractivity contribution < 1.29 is 43.3 Å². The lowest BCUT2D eigenvalue weighted by molar-refractivity contribution is -0.147. The highest BCUT2D eigenvalue weighted by atomic mass is 32.2. The second-order valence-electron chi connectivity index (χ2n) is 10.2. The van der Waals surface area contributed by atoms with Crippen molar-refractivity contribution in [3.8, 4) is 17.2 Å². The molecule has 2 aliphatic rings. The zero-order valence-electron chi connectivity index (χ0n) is 23.7. The Morgan fingerprint density at radius 1 is 1.12 bits per heavy atom. The molecule has 0 spiro atoms. The van der Waals surface area contributed by atoms with Gasteiger partial charge in [-0.15, -0.1) is 0 Å². The number of oxime groups is 1. The van der Waals surface area contributed by atoms with Crippen LogP contribution < -0.4 is 19.5 Å². The molecule has 2 aliphatic heterocycles. The van der Waals surface area contributed by atoms with Crippen molar-refractivity contribution in [1.82, 2.24) is 5.32 Å². The number of nitrogens with one attached hydrogen (secondary N) is 1. The molecule has 220 valence electrons. The number of benzene rings is 2. The van der Waals surface area contributed by atoms with Crippen LogP contribution in [0, 0.1) is 20.8 Å². The van der Waals surface area contributed by atoms with Gasteiger partial charge in [0.25, 0.3) is 5.24 Å². The van der Waals surface area contributed by atoms with E-state index in [0.717, 1.165) is 28.5 Å². The maximum absolute atomic E-state index is 12.1. The number of nitrogens with zero attached hydrogens (tertiary/aromatic N) is 1. The summed E-state index contributed by atoms with van der Waals surface area (Å²) < 4.78 is 28.4. The number of methoxy groups -OCH3 is 1. The Bertz CT molecular complexity index is 1360. The van der Waals surface area contributed by atoms with Crippen molar-refractivity contribution in [2.45, 2.75) is 51.4 Å². The Morgan fingerprint density at radius 2 is 1.85 bits per heavy atom. The molecule has 1 fully saturated rings. The van der Waals surface area contributed by atoms with Crippen molar-refractivity contribution in [1.29, 1.82) is 0 Å². The minimum absolute atomic E-state index is 0.139. The predicted molar refractivity (Wildman–Crippen MR) is 152 cm³/mol. The minimum atomic E-state index is -0.844. The van der Waals surface area contributed by atoms with Gasteiger partial charge in [-0.05, 0) is 62.9 Å². The minimum Gasteiger partial charge on any atom is -0.489 e. The second kappa shape index (κ2) is 12.8. The molecule has 0 aromatic heterocycles. The molecular formula is C29H34N2O9S. The zero-order chi connectivity index (χ0) is 29.7. The highest BCUT2D eigenvalue weighted by Crippen LogP contribution is 2.44. The summed E-state index contributed by atoms with van der Waals surface area (Å²) in [5.74, 6) is 0.894. The molecule has 12 heteroatoms. The summed E-state index contributed by atoms with van der Waals surface area (Å²) in [6.45, 7) is 7.80. The number of carbonyl (C=O) groups is 3. The van der Waals surface area contributed by atoms with Gasteiger partial charge in [0.2, 0.25) is 5.91 Å². The first kappa shape index (κ1) is 30.2. The maximum atomic E-state index is 12.1. The molecule has 2 heterocycles. The number of rotatable bonds is 11. The third-order valence-electron chi connectivity index (χ3n) is 7.03. The van der Waals surface area contributed by atoms with E-state index < -0.39 is 16.8 Å². The molecule has 2 aromatic rings. The summed E-state index contributed by atoms with van der Waals surface area (Å²) in [6.07, 6.45) is 0.702. The Labute approximate surface area is 242 Å². The third kappa shape index (κ3) is 6.94. The van der Waals surface area contributed by atoms with Gasteiger partial charge >= 0.3 is 5.97 Å². The Kier molecular flexibility index (Phi) is 9.44. The number of imide groups is 1. The van der Waals surface area contributed by atoms with Crippen LogP contribution in [0.5, 0.6) is 17.2 Å². The standard InChI is InChI=1S/C29H34N2O9S/c1-16-17(2)26-24(18(3)25(16)38-14-23(32)37-11-10-36-5)21(31-35)13-29(4,40-26)15-39-20-8-6-19(7-9-20)12-22-27(33)30-28(34)41-22/h6-9,22,35H,10-15H2,1-5H3,(H,30,33,34)/b31-21+. The molecule has 41 heavy (non-hydrogen) atoms. The average Bonchev–Trinajstić information content (AvgIpc) is 3.26. The molecule has 11 nitrogen and oxygen atoms in total. The molecule has 2 N–H and O–H groups in total. The molecule has 2 unspecified atom stereocenters. The number of ether oxygens (including phenoxy) is 5. The number of thioether (sulfide) groups is 1. The normalized spacial score (nSPS) is 20.8. The highest BCUT2D eigenvalue weighted by Gasteiger charge is 2.40. The fraction of sp³-hybridized carbons (Fsp3) is 0.448. The summed E-state index contributed by atoms with van der Waals surface area (Å²) in [4.78, 5) is 35.3. The van der Waals surface area contributed by atoms with Crippen LogP contribution in [-0.4, -0.2) is 72.4 Å². The van der Waals surface area contributed by atoms with Crippen LogP contribution in [-0.2, 0) is 25.5 Å². The first-order valence-corrected chi connectivity index (χ1v) is 14.0. The van der Waals surface area contributed by atoms with Crippen molar-refractivity contribution in [2.75, 3.05) is 33.5 Å². The zero-order valence-corrected chi connectivity index (χ0v) is 24.5. The molecule has 0 bridgehead atoms. The molecule has 1 saturated heterocycles. The number of carbonyl (C=O) groups excluding carboxylic acids is 3. The van der Waals surface area contributed by atoms with Crippen LogP contribution in [0.15, 0.2) is 29.4 Å². The average molecular weight is 587 g/mol. The Morgan fingerprint density at radius 3 is 2.49 bits per heavy atom. The molecule has 0 radical (unpaired) electrons. The Hall–Kier alpha value is -3.77. The van der Waals surface area contributed by atoms with Crippen LogP contribution in [0.1, 0.15) is 41.2 Å². The van der Waals surface area contributed by atoms with Gasteiger partial charge in [0.1, 0.15) is 36.1 Å². The lowest BCUT2D eigenvalue weighted by Gasteiger charge is -2.38. The summed E-state index contributed by atoms with van der Waals surface area (Å²) in [5, 5.41) is 15.1. The van der Waals surface area contributed by atoms with Gasteiger partial charge < -0.3 is 28.9 Å². The first-order chi connectivity index (χ1) is 19.5. The van der Waals surface area contributed by atoms with E-state index in [1.165, 1.54) is 7.11 Å². The van der Waals surface area contributed by atoms with Crippen LogP contribution in [0.4, 0.5) is 4.79 Å². The first-order valence-electron chi connectivity index (χ1n) is 13.1. The fourth-order valence-electron chi connectivity index (χ4n) is 4.79. The molecule has 4 rings (SSSR count). The number of esters is 1. The molecule has 2 amide bonds. The lowest BCUT2D eigenvalue weighted by Crippen LogP contribution is -2.45. The van der Waals surface area contributed by atoms with Crippen LogP contribution in [0.3, 0.4) is 0 Å². The van der Waals surface area contributed by atoms with Gasteiger partial charge in [-0.3, -0.25) is 14.9 Å². The van der Waals surface area contributed by atoms with Crippen LogP contribution in [0.25, 0.3) is 0 Å². The number of amides is 2. The molecule has 0 aliphatic carbocycles. The summed E-state index contributed by atoms with van der Waals surface area (Å²) in [7, 11) is 1.52. The highest BCUT2D eigenvalue weighted by molar-refractivity contribution is 8.15. The second-order valence-corrected chi connectivity index (χ2v) is 11.4. The SMILES string of the molecule is COCCOC(=O)COc1c(C)c(C)c2c(c1C)/C(=N/O)CC(C)(COc1ccc(CC3SC(=O)NC3=O)cc1)O2. The smallest absolute Gasteiger partial charge is 0.344 e. The van der Waals surface area contributed by atoms with E-state index in [9.17, 15) is 19.6 Å². The molecular weight excluding hydrogens is 552 g/mol. The van der Waals surface area contributed by atoms with Crippen LogP contribution >= 0.6 is 11.8 Å². The molecule has 0 saturated carbocycles. The lowest BCUT2D eigenvalue weighted by atomic mass is 9.86. The van der Waals surface area contributed by atoms with Crippen molar-refractivity contribution >= 4 is 34.6 Å². The van der Waals surface area contributed by atoms with E-state index in [0.29, 0.717) is 47.1 Å². The topological polar surface area (TPSA) is 142 Å². The predicted octanol–water partition coefficient (Wildman–Crippen LogP) is 3.87. The quantitative estimate of drug-likeness (QED) is 0.172. The van der Waals surface area contributed by atoms with Gasteiger partial charge in [0, 0.05) is 24.7 Å². The fourth-order valence-corrected chi connectivity index (χ4v) is 5.65. The van der Waals surface area contributed by atoms with E-state index in [4.69, 9.17) is 23.7 Å². The van der Waals surface area contributed by atoms with Crippen LogP contribution in [0.2, 0.25) is 0 Å². The number of hydrogen-bond acceptors (Lipinski definition) is 11. The van der Waals surface area contributed by atoms with E-state index in [1.807, 2.05) is 39.8 Å². The number of fused-ring (bicyclic) bond motifs is 1. The van der Waals surface area contributed by atoms with E-state index >= 15 is 0 Å². The van der Waals surface area contributed by atoms with Gasteiger partial charge in [0.15, 0.2) is 6.61 Å². The van der Waals surface area contributed by atoms with E-state index in [2.05, 4.69) is 10.5 Å². The van der Waals surface area contributed by atoms with E-state index in [-0.39, 0.29) is 37.4 Å². The summed E-state index contributed by atoms with van der Waals surface area (Å²) in [5.41, 5.74) is 3.37. The third-order valence-corrected chi connectivity index (χ3v) is 8.01.